The van der Waals surface area contributed by atoms with Gasteiger partial charge in [-0.3, -0.25) is 0 Å². The fourth-order valence-corrected chi connectivity index (χ4v) is 1.88. The molecule has 94 valence electrons. The average molecular weight is 245 g/mol. The number of piperidine rings is 1. The van der Waals surface area contributed by atoms with Gasteiger partial charge in [0.1, 0.15) is 5.82 Å². The fraction of sp³-hybridized carbons (Fsp3) is 0.500. The molecule has 1 heterocycles. The summed E-state index contributed by atoms with van der Waals surface area (Å²) < 4.78 is 44.6. The molecule has 0 unspecified atom stereocenters. The Labute approximate surface area is 97.8 Å². The van der Waals surface area contributed by atoms with Crippen LogP contribution in [-0.2, 0) is 11.3 Å². The summed E-state index contributed by atoms with van der Waals surface area (Å²) in [6, 6.07) is 1.50. The van der Waals surface area contributed by atoms with Crippen LogP contribution in [0.1, 0.15) is 18.4 Å². The van der Waals surface area contributed by atoms with Crippen molar-refractivity contribution in [2.75, 3.05) is 13.1 Å². The minimum atomic E-state index is -1.17. The third kappa shape index (κ3) is 3.20. The lowest BCUT2D eigenvalue weighted by Crippen LogP contribution is -2.32. The average Bonchev–Trinajstić information content (AvgIpc) is 2.33. The summed E-state index contributed by atoms with van der Waals surface area (Å²) in [6.07, 6.45) is 1.70. The van der Waals surface area contributed by atoms with Crippen LogP contribution in [-0.4, -0.2) is 19.2 Å². The molecule has 1 N–H and O–H groups in total. The minimum Gasteiger partial charge on any atom is -0.373 e. The molecule has 5 heteroatoms. The van der Waals surface area contributed by atoms with Crippen LogP contribution < -0.4 is 5.32 Å². The van der Waals surface area contributed by atoms with Gasteiger partial charge in [0.2, 0.25) is 0 Å². The highest BCUT2D eigenvalue weighted by atomic mass is 19.2. The number of nitrogens with one attached hydrogen (secondary N) is 1. The van der Waals surface area contributed by atoms with Crippen LogP contribution in [0.25, 0.3) is 0 Å². The number of benzene rings is 1. The second kappa shape index (κ2) is 5.51. The molecule has 0 aliphatic carbocycles. The fourth-order valence-electron chi connectivity index (χ4n) is 1.88. The predicted molar refractivity (Wildman–Crippen MR) is 57.0 cm³/mol. The molecule has 0 saturated carbocycles. The van der Waals surface area contributed by atoms with Gasteiger partial charge >= 0.3 is 0 Å². The summed E-state index contributed by atoms with van der Waals surface area (Å²) in [5, 5.41) is 3.17. The van der Waals surface area contributed by atoms with Crippen LogP contribution in [0, 0.1) is 17.5 Å². The predicted octanol–water partition coefficient (Wildman–Crippen LogP) is 2.37. The Balaban J connectivity index is 1.98. The summed E-state index contributed by atoms with van der Waals surface area (Å²) in [7, 11) is 0. The lowest BCUT2D eigenvalue weighted by Gasteiger charge is -2.23. The first kappa shape index (κ1) is 12.4. The Morgan fingerprint density at radius 1 is 1.18 bits per heavy atom. The van der Waals surface area contributed by atoms with E-state index in [0.29, 0.717) is 6.07 Å². The number of hydrogen-bond donors (Lipinski definition) is 1. The molecular formula is C12H14F3NO. The topological polar surface area (TPSA) is 21.3 Å². The van der Waals surface area contributed by atoms with E-state index in [9.17, 15) is 13.2 Å². The zero-order chi connectivity index (χ0) is 12.3. The van der Waals surface area contributed by atoms with Crippen LogP contribution >= 0.6 is 0 Å². The normalized spacial score (nSPS) is 17.4. The van der Waals surface area contributed by atoms with E-state index < -0.39 is 17.5 Å². The van der Waals surface area contributed by atoms with Crippen LogP contribution in [0.5, 0.6) is 0 Å². The Hall–Kier alpha value is -1.07. The SMILES string of the molecule is Fc1cc(F)c(F)c(COC2CCNCC2)c1. The summed E-state index contributed by atoms with van der Waals surface area (Å²) in [5.41, 5.74) is -0.0685. The maximum atomic E-state index is 13.3. The maximum absolute atomic E-state index is 13.3. The van der Waals surface area contributed by atoms with Gasteiger partial charge in [-0.1, -0.05) is 0 Å². The number of rotatable bonds is 3. The molecule has 0 atom stereocenters. The van der Waals surface area contributed by atoms with Gasteiger partial charge in [-0.25, -0.2) is 13.2 Å². The molecule has 0 amide bonds. The van der Waals surface area contributed by atoms with Crippen molar-refractivity contribution in [3.63, 3.8) is 0 Å². The highest BCUT2D eigenvalue weighted by Crippen LogP contribution is 2.17. The first-order valence-electron chi connectivity index (χ1n) is 5.62. The first-order valence-corrected chi connectivity index (χ1v) is 5.62. The van der Waals surface area contributed by atoms with E-state index in [0.717, 1.165) is 32.0 Å². The van der Waals surface area contributed by atoms with E-state index in [4.69, 9.17) is 4.74 Å². The van der Waals surface area contributed by atoms with E-state index in [1.54, 1.807) is 0 Å². The third-order valence-electron chi connectivity index (χ3n) is 2.83. The molecule has 1 aliphatic heterocycles. The Bertz CT molecular complexity index is 392. The number of hydrogen-bond acceptors (Lipinski definition) is 2. The lowest BCUT2D eigenvalue weighted by atomic mass is 10.1. The molecule has 1 aromatic rings. The van der Waals surface area contributed by atoms with Crippen molar-refractivity contribution < 1.29 is 17.9 Å². The quantitative estimate of drug-likeness (QED) is 0.825. The van der Waals surface area contributed by atoms with Crippen molar-refractivity contribution in [1.82, 2.24) is 5.32 Å². The molecule has 1 saturated heterocycles. The van der Waals surface area contributed by atoms with Gasteiger partial charge in [0, 0.05) is 11.6 Å². The molecule has 1 aliphatic rings. The van der Waals surface area contributed by atoms with E-state index in [1.807, 2.05) is 0 Å². The van der Waals surface area contributed by atoms with Gasteiger partial charge in [0.15, 0.2) is 11.6 Å². The van der Waals surface area contributed by atoms with Crippen molar-refractivity contribution in [3.8, 4) is 0 Å². The second-order valence-electron chi connectivity index (χ2n) is 4.12. The molecule has 0 aromatic heterocycles. The van der Waals surface area contributed by atoms with Gasteiger partial charge in [-0.2, -0.15) is 0 Å². The van der Waals surface area contributed by atoms with E-state index in [-0.39, 0.29) is 18.3 Å². The van der Waals surface area contributed by atoms with Gasteiger partial charge in [-0.05, 0) is 32.0 Å². The molecule has 0 bridgehead atoms. The highest BCUT2D eigenvalue weighted by Gasteiger charge is 2.16. The molecule has 2 nitrogen and oxygen atoms in total. The molecule has 2 rings (SSSR count). The molecule has 0 spiro atoms. The smallest absolute Gasteiger partial charge is 0.164 e. The van der Waals surface area contributed by atoms with Gasteiger partial charge in [-0.15, -0.1) is 0 Å². The zero-order valence-corrected chi connectivity index (χ0v) is 9.31. The van der Waals surface area contributed by atoms with E-state index >= 15 is 0 Å². The summed E-state index contributed by atoms with van der Waals surface area (Å²) in [5.74, 6) is -2.98. The van der Waals surface area contributed by atoms with Crippen molar-refractivity contribution in [2.24, 2.45) is 0 Å². The molecule has 1 fully saturated rings. The number of ether oxygens (including phenoxy) is 1. The molecule has 17 heavy (non-hydrogen) atoms. The summed E-state index contributed by atoms with van der Waals surface area (Å²) >= 11 is 0. The third-order valence-corrected chi connectivity index (χ3v) is 2.83. The lowest BCUT2D eigenvalue weighted by molar-refractivity contribution is 0.0195. The molecule has 0 radical (unpaired) electrons. The first-order chi connectivity index (χ1) is 8.16. The van der Waals surface area contributed by atoms with Crippen LogP contribution in [0.2, 0.25) is 0 Å². The van der Waals surface area contributed by atoms with Gasteiger partial charge < -0.3 is 10.1 Å². The molecular weight excluding hydrogens is 231 g/mol. The van der Waals surface area contributed by atoms with E-state index in [1.165, 1.54) is 0 Å². The Kier molecular flexibility index (Phi) is 4.02. The van der Waals surface area contributed by atoms with Gasteiger partial charge in [0.25, 0.3) is 0 Å². The van der Waals surface area contributed by atoms with Gasteiger partial charge in [0.05, 0.1) is 12.7 Å². The molecule has 1 aromatic carbocycles. The zero-order valence-electron chi connectivity index (χ0n) is 9.31. The Morgan fingerprint density at radius 2 is 1.88 bits per heavy atom. The standard InChI is InChI=1S/C12H14F3NO/c13-9-5-8(12(15)11(14)6-9)7-17-10-1-3-16-4-2-10/h5-6,10,16H,1-4,7H2. The largest absolute Gasteiger partial charge is 0.373 e. The van der Waals surface area contributed by atoms with Crippen molar-refractivity contribution in [2.45, 2.75) is 25.6 Å². The monoisotopic (exact) mass is 245 g/mol. The minimum absolute atomic E-state index is 0.0296. The maximum Gasteiger partial charge on any atom is 0.164 e. The highest BCUT2D eigenvalue weighted by molar-refractivity contribution is 5.19. The van der Waals surface area contributed by atoms with Crippen LogP contribution in [0.4, 0.5) is 13.2 Å². The van der Waals surface area contributed by atoms with Crippen LogP contribution in [0.15, 0.2) is 12.1 Å². The Morgan fingerprint density at radius 3 is 2.59 bits per heavy atom. The van der Waals surface area contributed by atoms with Crippen molar-refractivity contribution in [1.29, 1.82) is 0 Å². The summed E-state index contributed by atoms with van der Waals surface area (Å²) in [6.45, 7) is 1.61. The van der Waals surface area contributed by atoms with Crippen molar-refractivity contribution >= 4 is 0 Å². The van der Waals surface area contributed by atoms with Crippen molar-refractivity contribution in [3.05, 3.63) is 35.1 Å². The van der Waals surface area contributed by atoms with E-state index in [2.05, 4.69) is 5.32 Å². The van der Waals surface area contributed by atoms with Crippen LogP contribution in [0.3, 0.4) is 0 Å². The summed E-state index contributed by atoms with van der Waals surface area (Å²) in [4.78, 5) is 0. The second-order valence-corrected chi connectivity index (χ2v) is 4.12. The number of halogens is 3.